The van der Waals surface area contributed by atoms with Crippen LogP contribution in [0.2, 0.25) is 0 Å². The summed E-state index contributed by atoms with van der Waals surface area (Å²) in [6.07, 6.45) is 2.50. The quantitative estimate of drug-likeness (QED) is 0.282. The molecule has 0 aromatic carbocycles. The maximum atomic E-state index is 9.97. The monoisotopic (exact) mass is 174 g/mol. The Hall–Kier alpha value is -1.16. The van der Waals surface area contributed by atoms with Gasteiger partial charge in [-0.3, -0.25) is 15.1 Å². The second-order valence-electron chi connectivity index (χ2n) is 1.63. The Morgan fingerprint density at radius 3 is 2.64 bits per heavy atom. The third-order valence-corrected chi connectivity index (χ3v) is 1.16. The molecule has 5 heteroatoms. The van der Waals surface area contributed by atoms with E-state index in [1.807, 2.05) is 0 Å². The summed E-state index contributed by atoms with van der Waals surface area (Å²) in [5.41, 5.74) is -0.216. The van der Waals surface area contributed by atoms with Crippen LogP contribution in [0.5, 0.6) is 0 Å². The Bertz CT molecular complexity index is 233. The molecular formula is C6H7ClN2O2. The zero-order chi connectivity index (χ0) is 8.85. The van der Waals surface area contributed by atoms with Gasteiger partial charge in [-0.25, -0.2) is 0 Å². The average Bonchev–Trinajstić information content (AvgIpc) is 1.99. The molecule has 0 aromatic rings. The standard InChI is InChI=1S/C6H7ClN2O2/c1-5(9(10)11)3-4-6(7)8-2/h3-4H,1H2,2H3/b4-3-,8-6?. The fourth-order valence-electron chi connectivity index (χ4n) is 0.300. The Balaban J connectivity index is 4.15. The van der Waals surface area contributed by atoms with E-state index in [2.05, 4.69) is 11.6 Å². The molecule has 0 aromatic heterocycles. The molecular weight excluding hydrogens is 168 g/mol. The maximum Gasteiger partial charge on any atom is 0.262 e. The zero-order valence-corrected chi connectivity index (χ0v) is 6.71. The second-order valence-corrected chi connectivity index (χ2v) is 2.02. The minimum absolute atomic E-state index is 0.202. The first kappa shape index (κ1) is 9.84. The highest BCUT2D eigenvalue weighted by molar-refractivity contribution is 6.68. The maximum absolute atomic E-state index is 9.97. The zero-order valence-electron chi connectivity index (χ0n) is 5.95. The lowest BCUT2D eigenvalue weighted by molar-refractivity contribution is -0.418. The summed E-state index contributed by atoms with van der Waals surface area (Å²) in [5, 5.41) is 10.2. The minimum Gasteiger partial charge on any atom is -0.277 e. The number of hydrogen-bond donors (Lipinski definition) is 0. The van der Waals surface area contributed by atoms with Crippen molar-refractivity contribution in [2.45, 2.75) is 0 Å². The Morgan fingerprint density at radius 1 is 1.73 bits per heavy atom. The topological polar surface area (TPSA) is 55.5 Å². The highest BCUT2D eigenvalue weighted by Crippen LogP contribution is 1.95. The van der Waals surface area contributed by atoms with Crippen LogP contribution >= 0.6 is 11.6 Å². The van der Waals surface area contributed by atoms with Crippen molar-refractivity contribution in [3.05, 3.63) is 34.5 Å². The first-order chi connectivity index (χ1) is 5.07. The van der Waals surface area contributed by atoms with E-state index in [4.69, 9.17) is 11.6 Å². The summed E-state index contributed by atoms with van der Waals surface area (Å²) in [6, 6.07) is 0. The third kappa shape index (κ3) is 4.27. The normalized spacial score (nSPS) is 12.0. The highest BCUT2D eigenvalue weighted by atomic mass is 35.5. The van der Waals surface area contributed by atoms with Crippen LogP contribution < -0.4 is 0 Å². The van der Waals surface area contributed by atoms with Gasteiger partial charge in [-0.2, -0.15) is 0 Å². The van der Waals surface area contributed by atoms with Crippen molar-refractivity contribution in [1.82, 2.24) is 0 Å². The molecule has 0 aliphatic heterocycles. The van der Waals surface area contributed by atoms with Gasteiger partial charge in [0.2, 0.25) is 0 Å². The molecule has 0 saturated carbocycles. The number of nitro groups is 1. The number of allylic oxidation sites excluding steroid dienone is 2. The lowest BCUT2D eigenvalue weighted by atomic mass is 10.4. The van der Waals surface area contributed by atoms with Crippen LogP contribution in [0.4, 0.5) is 0 Å². The van der Waals surface area contributed by atoms with Gasteiger partial charge in [0.05, 0.1) is 4.92 Å². The van der Waals surface area contributed by atoms with E-state index >= 15 is 0 Å². The Labute approximate surface area is 69.0 Å². The van der Waals surface area contributed by atoms with Gasteiger partial charge in [0.25, 0.3) is 5.70 Å². The minimum atomic E-state index is -0.601. The van der Waals surface area contributed by atoms with Crippen molar-refractivity contribution in [2.24, 2.45) is 4.99 Å². The summed E-state index contributed by atoms with van der Waals surface area (Å²) < 4.78 is 0. The van der Waals surface area contributed by atoms with Gasteiger partial charge in [0.1, 0.15) is 5.17 Å². The lowest BCUT2D eigenvalue weighted by Gasteiger charge is -1.85. The molecule has 0 aliphatic carbocycles. The lowest BCUT2D eigenvalue weighted by Crippen LogP contribution is -1.93. The van der Waals surface area contributed by atoms with Crippen molar-refractivity contribution in [3.8, 4) is 0 Å². The molecule has 0 spiro atoms. The third-order valence-electron chi connectivity index (χ3n) is 0.861. The van der Waals surface area contributed by atoms with Crippen LogP contribution in [0.3, 0.4) is 0 Å². The predicted octanol–water partition coefficient (Wildman–Crippen LogP) is 1.60. The van der Waals surface area contributed by atoms with Gasteiger partial charge >= 0.3 is 0 Å². The van der Waals surface area contributed by atoms with Gasteiger partial charge in [-0.15, -0.1) is 0 Å². The fraction of sp³-hybridized carbons (Fsp3) is 0.167. The summed E-state index contributed by atoms with van der Waals surface area (Å²) in [7, 11) is 1.49. The van der Waals surface area contributed by atoms with Crippen molar-refractivity contribution < 1.29 is 4.92 Å². The van der Waals surface area contributed by atoms with E-state index < -0.39 is 4.92 Å². The molecule has 0 bridgehead atoms. The van der Waals surface area contributed by atoms with Crippen LogP contribution in [0, 0.1) is 10.1 Å². The summed E-state index contributed by atoms with van der Waals surface area (Å²) in [6.45, 7) is 3.16. The van der Waals surface area contributed by atoms with E-state index in [9.17, 15) is 10.1 Å². The molecule has 0 saturated heterocycles. The van der Waals surface area contributed by atoms with Crippen LogP contribution in [0.15, 0.2) is 29.4 Å². The van der Waals surface area contributed by atoms with Gasteiger partial charge in [0.15, 0.2) is 0 Å². The Kier molecular flexibility index (Phi) is 4.14. The number of aliphatic imine (C=N–C) groups is 1. The average molecular weight is 175 g/mol. The van der Waals surface area contributed by atoms with Gasteiger partial charge in [-0.1, -0.05) is 11.6 Å². The van der Waals surface area contributed by atoms with Crippen molar-refractivity contribution in [2.75, 3.05) is 7.05 Å². The molecule has 0 heterocycles. The highest BCUT2D eigenvalue weighted by Gasteiger charge is 1.99. The molecule has 0 fully saturated rings. The molecule has 4 nitrogen and oxygen atoms in total. The van der Waals surface area contributed by atoms with Gasteiger partial charge in [-0.05, 0) is 12.7 Å². The van der Waals surface area contributed by atoms with Gasteiger partial charge < -0.3 is 0 Å². The molecule has 0 unspecified atom stereocenters. The van der Waals surface area contributed by atoms with Crippen LogP contribution in [0.1, 0.15) is 0 Å². The Morgan fingerprint density at radius 2 is 2.27 bits per heavy atom. The summed E-state index contributed by atoms with van der Waals surface area (Å²) in [5.74, 6) is 0. The molecule has 0 rings (SSSR count). The van der Waals surface area contributed by atoms with Gasteiger partial charge in [0, 0.05) is 13.1 Å². The number of hydrogen-bond acceptors (Lipinski definition) is 3. The van der Waals surface area contributed by atoms with Crippen LogP contribution in [-0.4, -0.2) is 17.1 Å². The summed E-state index contributed by atoms with van der Waals surface area (Å²) >= 11 is 5.41. The van der Waals surface area contributed by atoms with E-state index in [1.165, 1.54) is 19.2 Å². The fourth-order valence-corrected chi connectivity index (χ4v) is 0.363. The summed E-state index contributed by atoms with van der Waals surface area (Å²) in [4.78, 5) is 12.9. The first-order valence-electron chi connectivity index (χ1n) is 2.71. The molecule has 11 heavy (non-hydrogen) atoms. The van der Waals surface area contributed by atoms with E-state index in [1.54, 1.807) is 0 Å². The van der Waals surface area contributed by atoms with Crippen molar-refractivity contribution >= 4 is 16.8 Å². The number of halogens is 1. The molecule has 0 aliphatic rings. The van der Waals surface area contributed by atoms with E-state index in [0.29, 0.717) is 0 Å². The van der Waals surface area contributed by atoms with E-state index in [0.717, 1.165) is 0 Å². The van der Waals surface area contributed by atoms with Crippen LogP contribution in [-0.2, 0) is 0 Å². The first-order valence-corrected chi connectivity index (χ1v) is 3.09. The smallest absolute Gasteiger partial charge is 0.262 e. The second kappa shape index (κ2) is 4.62. The number of nitrogens with zero attached hydrogens (tertiary/aromatic N) is 2. The number of rotatable bonds is 3. The van der Waals surface area contributed by atoms with Crippen molar-refractivity contribution in [1.29, 1.82) is 0 Å². The van der Waals surface area contributed by atoms with E-state index in [-0.39, 0.29) is 10.9 Å². The van der Waals surface area contributed by atoms with Crippen molar-refractivity contribution in [3.63, 3.8) is 0 Å². The SMILES string of the molecule is C=C(/C=C\C(Cl)=NC)[N+](=O)[O-]. The molecule has 0 radical (unpaired) electrons. The molecule has 0 amide bonds. The van der Waals surface area contributed by atoms with Crippen LogP contribution in [0.25, 0.3) is 0 Å². The molecule has 60 valence electrons. The predicted molar refractivity (Wildman–Crippen MR) is 44.5 cm³/mol. The largest absolute Gasteiger partial charge is 0.277 e. The molecule has 0 N–H and O–H groups in total. The molecule has 0 atom stereocenters.